The van der Waals surface area contributed by atoms with Gasteiger partial charge in [0.05, 0.1) is 16.8 Å². The van der Waals surface area contributed by atoms with E-state index >= 15 is 0 Å². The zero-order valence-electron chi connectivity index (χ0n) is 21.5. The Bertz CT molecular complexity index is 2010. The zero-order valence-corrected chi connectivity index (χ0v) is 22.3. The minimum absolute atomic E-state index is 0.602. The van der Waals surface area contributed by atoms with Crippen LogP contribution in [-0.4, -0.2) is 28.8 Å². The normalized spacial score (nSPS) is 13.0. The fourth-order valence-electron chi connectivity index (χ4n) is 4.68. The molecule has 0 amide bonds. The molecule has 7 heteroatoms. The van der Waals surface area contributed by atoms with E-state index in [-0.39, 0.29) is 0 Å². The number of benzene rings is 4. The molecule has 3 heterocycles. The number of furan rings is 1. The second-order valence-corrected chi connectivity index (χ2v) is 11.8. The summed E-state index contributed by atoms with van der Waals surface area (Å²) in [5.74, 6) is 0.602. The van der Waals surface area contributed by atoms with Crippen molar-refractivity contribution in [2.75, 3.05) is 0 Å². The lowest BCUT2D eigenvalue weighted by atomic mass is 9.82. The Balaban J connectivity index is 1.30. The third-order valence-electron chi connectivity index (χ3n) is 7.60. The summed E-state index contributed by atoms with van der Waals surface area (Å²) in [7, 11) is 1.69. The summed E-state index contributed by atoms with van der Waals surface area (Å²) in [4.78, 5) is 4.90. The summed E-state index contributed by atoms with van der Waals surface area (Å²) >= 11 is 1.76. The molecule has 38 heavy (non-hydrogen) atoms. The lowest BCUT2D eigenvalue weighted by molar-refractivity contribution is -0.0893. The fourth-order valence-corrected chi connectivity index (χ4v) is 5.89. The minimum Gasteiger partial charge on any atom is -0.456 e. The van der Waals surface area contributed by atoms with Crippen molar-refractivity contribution in [3.05, 3.63) is 72.8 Å². The first-order valence-corrected chi connectivity index (χ1v) is 13.4. The molecule has 0 aliphatic heterocycles. The molecular weight excluding hydrogens is 493 g/mol. The van der Waals surface area contributed by atoms with Gasteiger partial charge in [0, 0.05) is 37.0 Å². The van der Waals surface area contributed by atoms with Gasteiger partial charge in [0.15, 0.2) is 5.58 Å². The lowest BCUT2D eigenvalue weighted by Crippen LogP contribution is -2.49. The molecule has 0 aliphatic rings. The summed E-state index contributed by atoms with van der Waals surface area (Å²) in [5, 5.41) is 14.8. The molecule has 0 bridgehead atoms. The van der Waals surface area contributed by atoms with E-state index < -0.39 is 11.2 Å². The number of hydrogen-bond acceptors (Lipinski definition) is 6. The smallest absolute Gasteiger partial charge is 0.330 e. The molecule has 1 N–H and O–H groups in total. The van der Waals surface area contributed by atoms with Crippen LogP contribution in [0.15, 0.2) is 81.6 Å². The highest BCUT2D eigenvalue weighted by molar-refractivity contribution is 7.26. The Labute approximate surface area is 223 Å². The summed E-state index contributed by atoms with van der Waals surface area (Å²) in [6.07, 6.45) is 0. The predicted molar refractivity (Wildman–Crippen MR) is 156 cm³/mol. The van der Waals surface area contributed by atoms with E-state index in [0.29, 0.717) is 11.5 Å². The summed E-state index contributed by atoms with van der Waals surface area (Å²) < 4.78 is 20.8. The van der Waals surface area contributed by atoms with Crippen molar-refractivity contribution in [3.63, 3.8) is 0 Å². The Morgan fingerprint density at radius 2 is 1.58 bits per heavy atom. The topological polar surface area (TPSA) is 68.6 Å². The van der Waals surface area contributed by atoms with Gasteiger partial charge in [-0.15, -0.1) is 11.3 Å². The highest BCUT2D eigenvalue weighted by Crippen LogP contribution is 2.41. The molecule has 0 atom stereocenters. The monoisotopic (exact) mass is 518 g/mol. The number of fused-ring (bicyclic) bond motifs is 7. The summed E-state index contributed by atoms with van der Waals surface area (Å²) in [6, 6.07) is 24.6. The highest BCUT2D eigenvalue weighted by Gasteiger charge is 2.35. The van der Waals surface area contributed by atoms with Crippen LogP contribution in [0.3, 0.4) is 0 Å². The molecule has 0 spiro atoms. The molecule has 5 nitrogen and oxygen atoms in total. The molecule has 187 valence electrons. The number of aliphatic hydroxyl groups is 1. The van der Waals surface area contributed by atoms with Gasteiger partial charge in [0.25, 0.3) is 0 Å². The average Bonchev–Trinajstić information content (AvgIpc) is 3.57. The van der Waals surface area contributed by atoms with Crippen LogP contribution in [0.2, 0.25) is 0 Å². The maximum absolute atomic E-state index is 10.4. The Morgan fingerprint density at radius 1 is 0.789 bits per heavy atom. The van der Waals surface area contributed by atoms with Crippen LogP contribution in [-0.2, 0) is 4.65 Å². The van der Waals surface area contributed by atoms with Gasteiger partial charge < -0.3 is 18.6 Å². The van der Waals surface area contributed by atoms with Crippen LogP contribution < -0.4 is 5.46 Å². The van der Waals surface area contributed by atoms with Crippen LogP contribution in [0.5, 0.6) is 0 Å². The largest absolute Gasteiger partial charge is 0.456 e. The molecule has 0 fully saturated rings. The predicted octanol–water partition coefficient (Wildman–Crippen LogP) is 7.57. The van der Waals surface area contributed by atoms with Crippen LogP contribution in [0.1, 0.15) is 27.7 Å². The van der Waals surface area contributed by atoms with Crippen LogP contribution >= 0.6 is 11.3 Å². The van der Waals surface area contributed by atoms with Crippen molar-refractivity contribution in [1.29, 1.82) is 0 Å². The van der Waals surface area contributed by atoms with E-state index in [2.05, 4.69) is 42.5 Å². The van der Waals surface area contributed by atoms with Gasteiger partial charge in [-0.3, -0.25) is 0 Å². The van der Waals surface area contributed by atoms with Crippen molar-refractivity contribution < 1.29 is 18.6 Å². The molecule has 7 rings (SSSR count). The van der Waals surface area contributed by atoms with E-state index in [4.69, 9.17) is 18.5 Å². The molecule has 1 radical (unpaired) electrons. The van der Waals surface area contributed by atoms with Gasteiger partial charge in [0.1, 0.15) is 16.7 Å². The third kappa shape index (κ3) is 3.65. The number of thiophene rings is 1. The molecule has 0 saturated heterocycles. The van der Waals surface area contributed by atoms with Gasteiger partial charge in [-0.05, 0) is 52.0 Å². The minimum atomic E-state index is -0.994. The van der Waals surface area contributed by atoms with Crippen LogP contribution in [0.25, 0.3) is 64.7 Å². The first kappa shape index (κ1) is 23.5. The van der Waals surface area contributed by atoms with Crippen LogP contribution in [0, 0.1) is 0 Å². The van der Waals surface area contributed by atoms with Gasteiger partial charge in [0.2, 0.25) is 5.89 Å². The van der Waals surface area contributed by atoms with E-state index in [1.807, 2.05) is 44.2 Å². The van der Waals surface area contributed by atoms with Gasteiger partial charge in [-0.1, -0.05) is 47.9 Å². The molecule has 0 aliphatic carbocycles. The van der Waals surface area contributed by atoms with Gasteiger partial charge in [-0.25, -0.2) is 4.98 Å². The summed E-state index contributed by atoms with van der Waals surface area (Å²) in [5.41, 5.74) is 3.12. The molecule has 4 aromatic carbocycles. The van der Waals surface area contributed by atoms with Crippen molar-refractivity contribution in [2.24, 2.45) is 0 Å². The average molecular weight is 518 g/mol. The van der Waals surface area contributed by atoms with Crippen molar-refractivity contribution in [1.82, 2.24) is 4.98 Å². The van der Waals surface area contributed by atoms with Crippen molar-refractivity contribution in [3.8, 4) is 11.5 Å². The Morgan fingerprint density at radius 3 is 2.42 bits per heavy atom. The van der Waals surface area contributed by atoms with Gasteiger partial charge in [-0.2, -0.15) is 0 Å². The molecular formula is C31H25BNO4S. The number of oxazole rings is 1. The second-order valence-electron chi connectivity index (χ2n) is 10.8. The molecule has 0 unspecified atom stereocenters. The number of hydrogen-bond donors (Lipinski definition) is 1. The maximum atomic E-state index is 10.4. The summed E-state index contributed by atoms with van der Waals surface area (Å²) in [6.45, 7) is 7.22. The number of nitrogens with zero attached hydrogens (tertiary/aromatic N) is 1. The Kier molecular flexibility index (Phi) is 5.05. The maximum Gasteiger partial charge on any atom is 0.330 e. The van der Waals surface area contributed by atoms with Gasteiger partial charge >= 0.3 is 7.48 Å². The zero-order chi connectivity index (χ0) is 26.2. The van der Waals surface area contributed by atoms with Crippen molar-refractivity contribution in [2.45, 2.75) is 38.9 Å². The lowest BCUT2D eigenvalue weighted by Gasteiger charge is -2.37. The highest BCUT2D eigenvalue weighted by atomic mass is 32.1. The SMILES string of the molecule is CC(C)(O)C(C)(C)O[B]c1ccc2oc3cc4oc(-c5cccc6c5sc5ccccc56)nc4cc3c2c1. The van der Waals surface area contributed by atoms with Crippen LogP contribution in [0.4, 0.5) is 0 Å². The molecule has 7 aromatic rings. The number of aromatic nitrogens is 1. The fraction of sp³-hybridized carbons (Fsp3) is 0.194. The third-order valence-corrected chi connectivity index (χ3v) is 8.82. The Hall–Kier alpha value is -3.65. The molecule has 3 aromatic heterocycles. The first-order valence-electron chi connectivity index (χ1n) is 12.6. The van der Waals surface area contributed by atoms with Crippen molar-refractivity contribution >= 4 is 77.5 Å². The number of rotatable bonds is 5. The van der Waals surface area contributed by atoms with E-state index in [1.165, 1.54) is 20.2 Å². The molecule has 0 saturated carbocycles. The second kappa shape index (κ2) is 8.17. The van der Waals surface area contributed by atoms with E-state index in [9.17, 15) is 5.11 Å². The standard InChI is InChI=1S/C31H25BNO4S/c1-30(2,34)31(3,4)37-32-17-12-13-24-21(14-17)22-15-23-26(16-25(22)35-24)36-29(33-23)20-10-7-9-19-18-8-5-6-11-27(18)38-28(19)20/h5-16,34H,1-4H3. The van der Waals surface area contributed by atoms with E-state index in [0.717, 1.165) is 38.5 Å². The quantitative estimate of drug-likeness (QED) is 0.238. The first-order chi connectivity index (χ1) is 18.2. The van der Waals surface area contributed by atoms with E-state index in [1.54, 1.807) is 32.7 Å².